The number of nitrogens with one attached hydrogen (secondary N) is 1. The predicted molar refractivity (Wildman–Crippen MR) is 92.0 cm³/mol. The second kappa shape index (κ2) is 7.62. The zero-order valence-electron chi connectivity index (χ0n) is 14.5. The number of carbonyl (C=O) groups excluding carboxylic acids is 2. The number of rotatable bonds is 7. The topological polar surface area (TPSA) is 49.4 Å². The third kappa shape index (κ3) is 4.34. The van der Waals surface area contributed by atoms with Gasteiger partial charge in [0, 0.05) is 19.5 Å². The third-order valence-corrected chi connectivity index (χ3v) is 4.69. The Morgan fingerprint density at radius 1 is 1.30 bits per heavy atom. The van der Waals surface area contributed by atoms with Crippen molar-refractivity contribution in [3.8, 4) is 0 Å². The fourth-order valence-corrected chi connectivity index (χ4v) is 3.05. The summed E-state index contributed by atoms with van der Waals surface area (Å²) in [6.45, 7) is 7.44. The van der Waals surface area contributed by atoms with Crippen molar-refractivity contribution in [1.82, 2.24) is 10.2 Å². The van der Waals surface area contributed by atoms with Gasteiger partial charge in [0.1, 0.15) is 5.54 Å². The van der Waals surface area contributed by atoms with Crippen LogP contribution in [0.25, 0.3) is 0 Å². The number of hydrogen-bond acceptors (Lipinski definition) is 2. The van der Waals surface area contributed by atoms with Crippen molar-refractivity contribution in [1.29, 1.82) is 0 Å². The Kier molecular flexibility index (Phi) is 5.80. The Morgan fingerprint density at radius 2 is 2.00 bits per heavy atom. The molecule has 1 aliphatic heterocycles. The predicted octanol–water partition coefficient (Wildman–Crippen LogP) is 2.77. The van der Waals surface area contributed by atoms with E-state index in [0.717, 1.165) is 12.8 Å². The lowest BCUT2D eigenvalue weighted by Gasteiger charge is -2.34. The van der Waals surface area contributed by atoms with E-state index in [2.05, 4.69) is 31.3 Å². The van der Waals surface area contributed by atoms with Crippen LogP contribution in [-0.4, -0.2) is 35.3 Å². The van der Waals surface area contributed by atoms with Crippen LogP contribution < -0.4 is 5.32 Å². The molecule has 0 unspecified atom stereocenters. The molecule has 1 saturated heterocycles. The summed E-state index contributed by atoms with van der Waals surface area (Å²) in [7, 11) is 0. The second-order valence-corrected chi connectivity index (χ2v) is 6.99. The Morgan fingerprint density at radius 3 is 2.65 bits per heavy atom. The Hall–Kier alpha value is -1.84. The minimum absolute atomic E-state index is 0.0166. The molecule has 0 aromatic heterocycles. The fraction of sp³-hybridized carbons (Fsp3) is 0.579. The van der Waals surface area contributed by atoms with Gasteiger partial charge in [-0.3, -0.25) is 9.59 Å². The van der Waals surface area contributed by atoms with Crippen LogP contribution >= 0.6 is 0 Å². The van der Waals surface area contributed by atoms with Gasteiger partial charge in [-0.15, -0.1) is 0 Å². The van der Waals surface area contributed by atoms with Crippen LogP contribution in [0.2, 0.25) is 0 Å². The normalized spacial score (nSPS) is 21.0. The smallest absolute Gasteiger partial charge is 0.245 e. The molecule has 0 bridgehead atoms. The van der Waals surface area contributed by atoms with E-state index in [9.17, 15) is 9.59 Å². The Balaban J connectivity index is 1.98. The first-order valence-corrected chi connectivity index (χ1v) is 8.56. The number of benzene rings is 1. The van der Waals surface area contributed by atoms with Crippen LogP contribution in [0.5, 0.6) is 0 Å². The summed E-state index contributed by atoms with van der Waals surface area (Å²) in [6.07, 6.45) is 2.80. The van der Waals surface area contributed by atoms with Crippen molar-refractivity contribution in [2.75, 3.05) is 13.1 Å². The molecule has 4 nitrogen and oxygen atoms in total. The monoisotopic (exact) mass is 316 g/mol. The van der Waals surface area contributed by atoms with Gasteiger partial charge in [-0.1, -0.05) is 44.2 Å². The zero-order valence-corrected chi connectivity index (χ0v) is 14.5. The van der Waals surface area contributed by atoms with E-state index in [1.54, 1.807) is 4.90 Å². The van der Waals surface area contributed by atoms with Crippen LogP contribution in [0.15, 0.2) is 30.3 Å². The second-order valence-electron chi connectivity index (χ2n) is 6.99. The molecular weight excluding hydrogens is 288 g/mol. The molecule has 1 aromatic carbocycles. The summed E-state index contributed by atoms with van der Waals surface area (Å²) in [4.78, 5) is 26.6. The van der Waals surface area contributed by atoms with Crippen LogP contribution in [0.4, 0.5) is 0 Å². The minimum atomic E-state index is -0.706. The van der Waals surface area contributed by atoms with Crippen LogP contribution in [-0.2, 0) is 16.0 Å². The molecular formula is C19H28N2O2. The van der Waals surface area contributed by atoms with Crippen molar-refractivity contribution < 1.29 is 9.59 Å². The largest absolute Gasteiger partial charge is 0.354 e. The van der Waals surface area contributed by atoms with Crippen molar-refractivity contribution in [3.05, 3.63) is 35.9 Å². The van der Waals surface area contributed by atoms with Gasteiger partial charge in [-0.25, -0.2) is 0 Å². The van der Waals surface area contributed by atoms with E-state index in [1.807, 2.05) is 25.1 Å². The number of hydrogen-bond donors (Lipinski definition) is 1. The molecule has 23 heavy (non-hydrogen) atoms. The summed E-state index contributed by atoms with van der Waals surface area (Å²) in [5.41, 5.74) is 0.484. The molecule has 1 fully saturated rings. The standard InChI is InChI=1S/C19H28N2O2/c1-15(2)10-13-20-18(23)19(3)12-9-17(22)21(19)14-11-16-7-5-4-6-8-16/h4-8,15H,9-14H2,1-3H3,(H,20,23)/t19-/m1/s1. The molecule has 0 radical (unpaired) electrons. The Bertz CT molecular complexity index is 542. The van der Waals surface area contributed by atoms with E-state index in [1.165, 1.54) is 5.56 Å². The lowest BCUT2D eigenvalue weighted by molar-refractivity contribution is -0.140. The molecule has 1 aromatic rings. The van der Waals surface area contributed by atoms with Gasteiger partial charge in [0.15, 0.2) is 0 Å². The quantitative estimate of drug-likeness (QED) is 0.841. The van der Waals surface area contributed by atoms with Gasteiger partial charge in [-0.05, 0) is 37.7 Å². The first-order valence-electron chi connectivity index (χ1n) is 8.56. The number of likely N-dealkylation sites (tertiary alicyclic amines) is 1. The van der Waals surface area contributed by atoms with Crippen LogP contribution in [0.3, 0.4) is 0 Å². The van der Waals surface area contributed by atoms with Gasteiger partial charge in [0.25, 0.3) is 0 Å². The zero-order chi connectivity index (χ0) is 16.9. The minimum Gasteiger partial charge on any atom is -0.354 e. The molecule has 0 saturated carbocycles. The molecule has 4 heteroatoms. The fourth-order valence-electron chi connectivity index (χ4n) is 3.05. The SMILES string of the molecule is CC(C)CCNC(=O)[C@@]1(C)CCC(=O)N1CCc1ccccc1. The van der Waals surface area contributed by atoms with E-state index in [0.29, 0.717) is 31.8 Å². The van der Waals surface area contributed by atoms with Crippen molar-refractivity contribution in [3.63, 3.8) is 0 Å². The van der Waals surface area contributed by atoms with E-state index < -0.39 is 5.54 Å². The molecule has 0 aliphatic carbocycles. The first-order chi connectivity index (χ1) is 10.9. The van der Waals surface area contributed by atoms with Crippen molar-refractivity contribution in [2.45, 2.75) is 52.0 Å². The van der Waals surface area contributed by atoms with E-state index in [-0.39, 0.29) is 11.8 Å². The summed E-state index contributed by atoms with van der Waals surface area (Å²) in [5.74, 6) is 0.627. The molecule has 0 spiro atoms. The van der Waals surface area contributed by atoms with Gasteiger partial charge in [-0.2, -0.15) is 0 Å². The van der Waals surface area contributed by atoms with Crippen molar-refractivity contribution in [2.24, 2.45) is 5.92 Å². The van der Waals surface area contributed by atoms with Gasteiger partial charge >= 0.3 is 0 Å². The summed E-state index contributed by atoms with van der Waals surface area (Å²) in [6, 6.07) is 10.1. The van der Waals surface area contributed by atoms with Gasteiger partial charge in [0.05, 0.1) is 0 Å². The van der Waals surface area contributed by atoms with Crippen molar-refractivity contribution >= 4 is 11.8 Å². The molecule has 2 rings (SSSR count). The average Bonchev–Trinajstić information content (AvgIpc) is 2.82. The summed E-state index contributed by atoms with van der Waals surface area (Å²) >= 11 is 0. The number of nitrogens with zero attached hydrogens (tertiary/aromatic N) is 1. The molecule has 126 valence electrons. The highest BCUT2D eigenvalue weighted by atomic mass is 16.2. The lowest BCUT2D eigenvalue weighted by atomic mass is 9.97. The highest BCUT2D eigenvalue weighted by Crippen LogP contribution is 2.30. The molecule has 1 heterocycles. The van der Waals surface area contributed by atoms with E-state index >= 15 is 0 Å². The van der Waals surface area contributed by atoms with E-state index in [4.69, 9.17) is 0 Å². The highest BCUT2D eigenvalue weighted by Gasteiger charge is 2.46. The molecule has 2 amide bonds. The van der Waals surface area contributed by atoms with Crippen LogP contribution in [0, 0.1) is 5.92 Å². The van der Waals surface area contributed by atoms with Gasteiger partial charge < -0.3 is 10.2 Å². The average molecular weight is 316 g/mol. The molecule has 1 atom stereocenters. The number of carbonyl (C=O) groups is 2. The first kappa shape index (κ1) is 17.5. The summed E-state index contributed by atoms with van der Waals surface area (Å²) in [5, 5.41) is 3.01. The maximum Gasteiger partial charge on any atom is 0.245 e. The number of amides is 2. The molecule has 1 aliphatic rings. The lowest BCUT2D eigenvalue weighted by Crippen LogP contribution is -2.55. The van der Waals surface area contributed by atoms with Crippen LogP contribution in [0.1, 0.15) is 45.6 Å². The summed E-state index contributed by atoms with van der Waals surface area (Å²) < 4.78 is 0. The third-order valence-electron chi connectivity index (χ3n) is 4.69. The molecule has 1 N–H and O–H groups in total. The van der Waals surface area contributed by atoms with Gasteiger partial charge in [0.2, 0.25) is 11.8 Å². The maximum atomic E-state index is 12.6. The Labute approximate surface area is 139 Å². The maximum absolute atomic E-state index is 12.6. The highest BCUT2D eigenvalue weighted by molar-refractivity contribution is 5.94.